The summed E-state index contributed by atoms with van der Waals surface area (Å²) in [6.45, 7) is 4.01. The molecular formula is C9H12N2. The zero-order chi connectivity index (χ0) is 8.10. The van der Waals surface area contributed by atoms with Crippen molar-refractivity contribution in [3.8, 4) is 0 Å². The second-order valence-electron chi connectivity index (χ2n) is 2.49. The lowest BCUT2D eigenvalue weighted by Gasteiger charge is -1.83. The number of nitrogens with one attached hydrogen (secondary N) is 1. The zero-order valence-corrected chi connectivity index (χ0v) is 6.83. The fraction of sp³-hybridized carbons (Fsp3) is 0.222. The molecule has 1 rings (SSSR count). The van der Waals surface area contributed by atoms with Crippen LogP contribution in [0.1, 0.15) is 11.3 Å². The predicted octanol–water partition coefficient (Wildman–Crippen LogP) is 2.15. The standard InChI is InChI=1S/C9H12N2/c1-8-5-3-4-6-10-11-9(2)7-8/h3-7,10H,1-2H3. The van der Waals surface area contributed by atoms with E-state index in [2.05, 4.69) is 17.1 Å². The number of H-pyrrole nitrogens is 1. The minimum absolute atomic E-state index is 0.985. The van der Waals surface area contributed by atoms with Gasteiger partial charge in [0, 0.05) is 6.20 Å². The summed E-state index contributed by atoms with van der Waals surface area (Å²) in [6, 6.07) is 7.96. The molecule has 0 aliphatic heterocycles. The van der Waals surface area contributed by atoms with Crippen LogP contribution in [0.2, 0.25) is 0 Å². The van der Waals surface area contributed by atoms with E-state index in [1.807, 2.05) is 31.2 Å². The van der Waals surface area contributed by atoms with E-state index < -0.39 is 0 Å². The van der Waals surface area contributed by atoms with Crippen LogP contribution in [0.5, 0.6) is 0 Å². The molecule has 2 nitrogen and oxygen atoms in total. The van der Waals surface area contributed by atoms with Gasteiger partial charge in [-0.2, -0.15) is 5.10 Å². The van der Waals surface area contributed by atoms with Crippen LogP contribution >= 0.6 is 0 Å². The van der Waals surface area contributed by atoms with E-state index in [9.17, 15) is 0 Å². The van der Waals surface area contributed by atoms with Crippen molar-refractivity contribution >= 4 is 0 Å². The van der Waals surface area contributed by atoms with E-state index in [4.69, 9.17) is 0 Å². The van der Waals surface area contributed by atoms with Crippen LogP contribution in [0.3, 0.4) is 0 Å². The van der Waals surface area contributed by atoms with Crippen molar-refractivity contribution in [1.82, 2.24) is 10.2 Å². The largest absolute Gasteiger partial charge is 0.286 e. The number of hydrogen-bond acceptors (Lipinski definition) is 1. The van der Waals surface area contributed by atoms with E-state index in [1.54, 1.807) is 6.20 Å². The summed E-state index contributed by atoms with van der Waals surface area (Å²) in [5.41, 5.74) is 2.19. The van der Waals surface area contributed by atoms with E-state index in [-0.39, 0.29) is 0 Å². The molecule has 0 bridgehead atoms. The lowest BCUT2D eigenvalue weighted by molar-refractivity contribution is 0.997. The molecule has 1 heterocycles. The molecule has 0 unspecified atom stereocenters. The molecule has 1 aromatic rings. The molecule has 0 fully saturated rings. The van der Waals surface area contributed by atoms with Crippen molar-refractivity contribution in [3.63, 3.8) is 0 Å². The smallest absolute Gasteiger partial charge is 0.0578 e. The number of rotatable bonds is 0. The Kier molecular flexibility index (Phi) is 2.66. The Morgan fingerprint density at radius 1 is 1.27 bits per heavy atom. The fourth-order valence-electron chi connectivity index (χ4n) is 0.855. The molecular weight excluding hydrogens is 136 g/mol. The Bertz CT molecular complexity index is 248. The van der Waals surface area contributed by atoms with Gasteiger partial charge in [0.15, 0.2) is 0 Å². The molecule has 1 N–H and O–H groups in total. The van der Waals surface area contributed by atoms with Crippen molar-refractivity contribution in [2.24, 2.45) is 0 Å². The third kappa shape index (κ3) is 2.85. The van der Waals surface area contributed by atoms with Crippen LogP contribution in [0.25, 0.3) is 0 Å². The Balaban J connectivity index is 3.25. The third-order valence-electron chi connectivity index (χ3n) is 1.32. The number of aromatic nitrogens is 2. The van der Waals surface area contributed by atoms with Gasteiger partial charge in [-0.1, -0.05) is 12.1 Å². The summed E-state index contributed by atoms with van der Waals surface area (Å²) in [7, 11) is 0. The van der Waals surface area contributed by atoms with E-state index in [0.717, 1.165) is 5.69 Å². The van der Waals surface area contributed by atoms with Crippen molar-refractivity contribution in [1.29, 1.82) is 0 Å². The minimum Gasteiger partial charge on any atom is -0.286 e. The Hall–Kier alpha value is -1.31. The molecule has 0 aliphatic carbocycles. The van der Waals surface area contributed by atoms with Gasteiger partial charge >= 0.3 is 0 Å². The maximum atomic E-state index is 4.06. The monoisotopic (exact) mass is 148 g/mol. The third-order valence-corrected chi connectivity index (χ3v) is 1.32. The quantitative estimate of drug-likeness (QED) is 0.600. The SMILES string of the molecule is Cc1cccc[nH]nc(C)c1. The van der Waals surface area contributed by atoms with Crippen molar-refractivity contribution in [2.45, 2.75) is 13.8 Å². The predicted molar refractivity (Wildman–Crippen MR) is 45.7 cm³/mol. The molecule has 0 aromatic carbocycles. The first kappa shape index (κ1) is 7.79. The average molecular weight is 148 g/mol. The molecule has 0 radical (unpaired) electrons. The van der Waals surface area contributed by atoms with Gasteiger partial charge in [0.25, 0.3) is 0 Å². The Morgan fingerprint density at radius 2 is 2.09 bits per heavy atom. The van der Waals surface area contributed by atoms with Gasteiger partial charge in [0.05, 0.1) is 5.69 Å². The lowest BCUT2D eigenvalue weighted by atomic mass is 10.3. The van der Waals surface area contributed by atoms with Crippen molar-refractivity contribution in [3.05, 3.63) is 41.7 Å². The summed E-state index contributed by atoms with van der Waals surface area (Å²) >= 11 is 0. The number of aromatic amines is 1. The van der Waals surface area contributed by atoms with Crippen molar-refractivity contribution < 1.29 is 0 Å². The maximum absolute atomic E-state index is 4.06. The molecule has 11 heavy (non-hydrogen) atoms. The van der Waals surface area contributed by atoms with Crippen LogP contribution in [0, 0.1) is 13.8 Å². The number of nitrogens with zero attached hydrogens (tertiary/aromatic N) is 1. The van der Waals surface area contributed by atoms with Crippen LogP contribution in [-0.2, 0) is 0 Å². The number of aryl methyl sites for hydroxylation is 2. The Morgan fingerprint density at radius 3 is 2.91 bits per heavy atom. The van der Waals surface area contributed by atoms with E-state index in [1.165, 1.54) is 5.56 Å². The second kappa shape index (κ2) is 3.76. The van der Waals surface area contributed by atoms with Gasteiger partial charge in [-0.05, 0) is 31.5 Å². The van der Waals surface area contributed by atoms with Gasteiger partial charge in [-0.25, -0.2) is 0 Å². The summed E-state index contributed by atoms with van der Waals surface area (Å²) in [4.78, 5) is 0. The summed E-state index contributed by atoms with van der Waals surface area (Å²) in [5.74, 6) is 0. The highest BCUT2D eigenvalue weighted by Gasteiger charge is 1.79. The molecule has 0 spiro atoms. The molecule has 2 heteroatoms. The van der Waals surface area contributed by atoms with Crippen molar-refractivity contribution in [2.75, 3.05) is 0 Å². The van der Waals surface area contributed by atoms with Gasteiger partial charge in [-0.3, -0.25) is 5.10 Å². The van der Waals surface area contributed by atoms with Gasteiger partial charge < -0.3 is 0 Å². The molecule has 0 saturated carbocycles. The van der Waals surface area contributed by atoms with E-state index in [0.29, 0.717) is 0 Å². The number of hydrogen-bond donors (Lipinski definition) is 1. The van der Waals surface area contributed by atoms with Crippen LogP contribution in [0.4, 0.5) is 0 Å². The molecule has 0 atom stereocenters. The highest BCUT2D eigenvalue weighted by molar-refractivity contribution is 5.10. The summed E-state index contributed by atoms with van der Waals surface area (Å²) < 4.78 is 0. The first-order valence-electron chi connectivity index (χ1n) is 3.60. The second-order valence-corrected chi connectivity index (χ2v) is 2.49. The lowest BCUT2D eigenvalue weighted by Crippen LogP contribution is -1.77. The van der Waals surface area contributed by atoms with Gasteiger partial charge in [0.2, 0.25) is 0 Å². The topological polar surface area (TPSA) is 28.7 Å². The van der Waals surface area contributed by atoms with Gasteiger partial charge in [0.1, 0.15) is 0 Å². The average Bonchev–Trinajstić information content (AvgIpc) is 2.02. The van der Waals surface area contributed by atoms with Gasteiger partial charge in [-0.15, -0.1) is 0 Å². The molecule has 0 amide bonds. The van der Waals surface area contributed by atoms with Crippen LogP contribution in [-0.4, -0.2) is 10.2 Å². The summed E-state index contributed by atoms with van der Waals surface area (Å²) in [5, 5.41) is 6.87. The molecule has 0 aliphatic rings. The maximum Gasteiger partial charge on any atom is 0.0578 e. The molecule has 0 saturated heterocycles. The highest BCUT2D eigenvalue weighted by atomic mass is 15.1. The summed E-state index contributed by atoms with van der Waals surface area (Å²) in [6.07, 6.45) is 1.80. The van der Waals surface area contributed by atoms with E-state index >= 15 is 0 Å². The van der Waals surface area contributed by atoms with Crippen LogP contribution < -0.4 is 0 Å². The fourth-order valence-corrected chi connectivity index (χ4v) is 0.855. The molecule has 58 valence electrons. The Labute approximate surface area is 66.6 Å². The normalized spacial score (nSPS) is 8.91. The minimum atomic E-state index is 0.985. The zero-order valence-electron chi connectivity index (χ0n) is 6.83. The first-order chi connectivity index (χ1) is 5.29. The first-order valence-corrected chi connectivity index (χ1v) is 3.60. The molecule has 1 aromatic heterocycles. The highest BCUT2D eigenvalue weighted by Crippen LogP contribution is 1.93. The van der Waals surface area contributed by atoms with Crippen LogP contribution in [0.15, 0.2) is 30.5 Å².